The van der Waals surface area contributed by atoms with E-state index in [-0.39, 0.29) is 35.2 Å². The van der Waals surface area contributed by atoms with Crippen LogP contribution in [0.3, 0.4) is 0 Å². The Balaban J connectivity index is 1.10. The van der Waals surface area contributed by atoms with Gasteiger partial charge in [-0.2, -0.15) is 0 Å². The van der Waals surface area contributed by atoms with E-state index in [4.69, 9.17) is 33.2 Å². The van der Waals surface area contributed by atoms with Crippen molar-refractivity contribution in [2.75, 3.05) is 19.8 Å². The third kappa shape index (κ3) is 7.30. The first-order chi connectivity index (χ1) is 30.7. The molecule has 9 rings (SSSR count). The molecule has 0 bridgehead atoms. The van der Waals surface area contributed by atoms with Crippen molar-refractivity contribution in [3.8, 4) is 0 Å². The molecule has 0 aromatic carbocycles. The van der Waals surface area contributed by atoms with Gasteiger partial charge in [-0.3, -0.25) is 0 Å². The molecule has 0 aromatic heterocycles. The highest BCUT2D eigenvalue weighted by Gasteiger charge is 2.85. The molecular formula is C47H78O19. The minimum absolute atomic E-state index is 0.0655. The van der Waals surface area contributed by atoms with Gasteiger partial charge in [-0.1, -0.05) is 27.7 Å². The van der Waals surface area contributed by atoms with E-state index in [1.165, 1.54) is 0 Å². The number of aliphatic hydroxyl groups excluding tert-OH is 11. The Morgan fingerprint density at radius 3 is 1.73 bits per heavy atom. The van der Waals surface area contributed by atoms with Gasteiger partial charge in [0.05, 0.1) is 55.4 Å². The summed E-state index contributed by atoms with van der Waals surface area (Å²) in [6.07, 6.45) is -17.0. The summed E-state index contributed by atoms with van der Waals surface area (Å²) in [6, 6.07) is 0. The van der Waals surface area contributed by atoms with Crippen LogP contribution in [0.4, 0.5) is 0 Å². The van der Waals surface area contributed by atoms with Crippen molar-refractivity contribution in [2.24, 2.45) is 44.8 Å². The van der Waals surface area contributed by atoms with E-state index in [2.05, 4.69) is 34.6 Å². The SMILES string of the molecule is CC(C)(O)[C@H]1CC[C@@](C)([C@@H]2[C@@H](O[C@@H]3O[C@H](CO)[C@H](O)[C@@H](O)[C@H]3O)C[C@@]3(C)[C@@H]4C[C@@H](O[C@@H]5O[C@@H](CO)[C@H](O)[C@H](O)[C@@H]5O)[C@@H]5C(C)(C)[C@H](O[C@@H]6OC[C@H](O)[C@H](O)[C@H]6O)CC[C@@]56C[C@@]46CC[C@@]23C)O1. The Hall–Kier alpha value is -0.760. The molecule has 0 aromatic rings. The molecule has 4 saturated heterocycles. The molecule has 4 heterocycles. The van der Waals surface area contributed by atoms with Crippen molar-refractivity contribution in [1.82, 2.24) is 0 Å². The number of aliphatic hydroxyl groups is 12. The van der Waals surface area contributed by atoms with E-state index in [1.54, 1.807) is 13.8 Å². The zero-order valence-corrected chi connectivity index (χ0v) is 39.3. The smallest absolute Gasteiger partial charge is 0.186 e. The van der Waals surface area contributed by atoms with Crippen LogP contribution in [0.2, 0.25) is 0 Å². The fourth-order valence-electron chi connectivity index (χ4n) is 16.3. The topological polar surface area (TPSA) is 307 Å². The average Bonchev–Trinajstić information content (AvgIpc) is 3.60. The van der Waals surface area contributed by atoms with Crippen LogP contribution in [-0.4, -0.2) is 203 Å². The highest BCUT2D eigenvalue weighted by molar-refractivity contribution is 5.33. The van der Waals surface area contributed by atoms with Crippen molar-refractivity contribution in [1.29, 1.82) is 0 Å². The van der Waals surface area contributed by atoms with Gasteiger partial charge in [-0.05, 0) is 117 Å². The van der Waals surface area contributed by atoms with Crippen LogP contribution < -0.4 is 0 Å². The first kappa shape index (κ1) is 50.2. The molecule has 2 spiro atoms. The van der Waals surface area contributed by atoms with E-state index < -0.39 is 151 Å². The predicted molar refractivity (Wildman–Crippen MR) is 226 cm³/mol. The van der Waals surface area contributed by atoms with Gasteiger partial charge in [-0.25, -0.2) is 0 Å². The minimum Gasteiger partial charge on any atom is -0.394 e. The fraction of sp³-hybridized carbons (Fsp3) is 1.00. The second-order valence-electron chi connectivity index (χ2n) is 23.9. The third-order valence-corrected chi connectivity index (χ3v) is 19.8. The Labute approximate surface area is 386 Å². The maximum Gasteiger partial charge on any atom is 0.186 e. The van der Waals surface area contributed by atoms with Crippen LogP contribution in [0.5, 0.6) is 0 Å². The van der Waals surface area contributed by atoms with E-state index >= 15 is 0 Å². The molecule has 0 unspecified atom stereocenters. The fourth-order valence-corrected chi connectivity index (χ4v) is 16.3. The zero-order chi connectivity index (χ0) is 48.1. The van der Waals surface area contributed by atoms with Crippen molar-refractivity contribution < 1.29 is 94.4 Å². The number of ether oxygens (including phenoxy) is 7. The monoisotopic (exact) mass is 947 g/mol. The molecule has 66 heavy (non-hydrogen) atoms. The van der Waals surface area contributed by atoms with Crippen LogP contribution >= 0.6 is 0 Å². The maximum atomic E-state index is 11.4. The summed E-state index contributed by atoms with van der Waals surface area (Å²) >= 11 is 0. The molecule has 4 aliphatic heterocycles. The second kappa shape index (κ2) is 16.9. The van der Waals surface area contributed by atoms with E-state index in [1.807, 2.05) is 0 Å². The highest BCUT2D eigenvalue weighted by Crippen LogP contribution is 2.89. The Morgan fingerprint density at radius 1 is 0.591 bits per heavy atom. The first-order valence-corrected chi connectivity index (χ1v) is 24.4. The average molecular weight is 947 g/mol. The lowest BCUT2D eigenvalue weighted by Gasteiger charge is -2.65. The lowest BCUT2D eigenvalue weighted by molar-refractivity contribution is -0.339. The van der Waals surface area contributed by atoms with Crippen LogP contribution in [0.25, 0.3) is 0 Å². The van der Waals surface area contributed by atoms with E-state index in [0.717, 1.165) is 19.3 Å². The standard InChI is InChI=1S/C47H78O19/c1-41(2)26(65-38-33(56)28(51)20(50)18-60-38)9-11-47-19-46(47)13-12-43(5)37(45(7)10-8-27(66-45)42(3,4)59)22(62-40-35(58)32(55)30(53)24(17-49)64-40)15-44(43,6)25(46)14-21(36(41)47)61-39-34(57)31(54)29(52)23(16-48)63-39/h20-40,48-59H,8-19H2,1-7H3/t20-,21+,22-,23-,24+,25-,26+,27+,28-,29-,30-,31-,32+,33+,34-,35+,36+,37+,38-,39+,40+,43-,44-,45-,46-,47+/m0/s1. The van der Waals surface area contributed by atoms with E-state index in [0.29, 0.717) is 38.5 Å². The molecule has 9 aliphatic rings. The third-order valence-electron chi connectivity index (χ3n) is 19.8. The minimum atomic E-state index is -1.67. The summed E-state index contributed by atoms with van der Waals surface area (Å²) in [4.78, 5) is 0. The highest BCUT2D eigenvalue weighted by atomic mass is 16.7. The van der Waals surface area contributed by atoms with Gasteiger partial charge in [0.25, 0.3) is 0 Å². The van der Waals surface area contributed by atoms with Gasteiger partial charge in [0.1, 0.15) is 67.1 Å². The number of rotatable bonds is 10. The number of fused-ring (bicyclic) bond motifs is 2. The van der Waals surface area contributed by atoms with Gasteiger partial charge in [0, 0.05) is 5.92 Å². The van der Waals surface area contributed by atoms with Crippen molar-refractivity contribution in [2.45, 2.75) is 228 Å². The molecule has 5 saturated carbocycles. The van der Waals surface area contributed by atoms with Crippen LogP contribution in [0.1, 0.15) is 106 Å². The number of hydrogen-bond donors (Lipinski definition) is 12. The van der Waals surface area contributed by atoms with E-state index in [9.17, 15) is 61.3 Å². The summed E-state index contributed by atoms with van der Waals surface area (Å²) in [7, 11) is 0. The van der Waals surface area contributed by atoms with Crippen molar-refractivity contribution >= 4 is 0 Å². The lowest BCUT2D eigenvalue weighted by Crippen LogP contribution is -2.65. The molecule has 19 heteroatoms. The molecular weight excluding hydrogens is 868 g/mol. The summed E-state index contributed by atoms with van der Waals surface area (Å²) in [6.45, 7) is 12.8. The first-order valence-electron chi connectivity index (χ1n) is 24.4. The second-order valence-corrected chi connectivity index (χ2v) is 23.9. The molecule has 380 valence electrons. The van der Waals surface area contributed by atoms with Gasteiger partial charge in [0.2, 0.25) is 0 Å². The molecule has 9 fully saturated rings. The maximum absolute atomic E-state index is 11.4. The normalized spacial score (nSPS) is 58.0. The number of hydrogen-bond acceptors (Lipinski definition) is 19. The van der Waals surface area contributed by atoms with Crippen LogP contribution in [0.15, 0.2) is 0 Å². The molecule has 5 aliphatic carbocycles. The quantitative estimate of drug-likeness (QED) is 0.112. The van der Waals surface area contributed by atoms with Gasteiger partial charge in [-0.15, -0.1) is 0 Å². The van der Waals surface area contributed by atoms with Crippen molar-refractivity contribution in [3.63, 3.8) is 0 Å². The molecule has 26 atom stereocenters. The molecule has 19 nitrogen and oxygen atoms in total. The lowest BCUT2D eigenvalue weighted by atomic mass is 9.41. The Kier molecular flexibility index (Phi) is 12.9. The molecule has 12 N–H and O–H groups in total. The van der Waals surface area contributed by atoms with Crippen LogP contribution in [-0.2, 0) is 33.2 Å². The Morgan fingerprint density at radius 2 is 1.17 bits per heavy atom. The summed E-state index contributed by atoms with van der Waals surface area (Å²) in [5.41, 5.74) is -4.32. The van der Waals surface area contributed by atoms with Gasteiger partial charge >= 0.3 is 0 Å². The zero-order valence-electron chi connectivity index (χ0n) is 39.3. The van der Waals surface area contributed by atoms with Gasteiger partial charge < -0.3 is 94.4 Å². The summed E-state index contributed by atoms with van der Waals surface area (Å²) in [5.74, 6) is -0.678. The molecule has 0 radical (unpaired) electrons. The molecule has 0 amide bonds. The van der Waals surface area contributed by atoms with Gasteiger partial charge in [0.15, 0.2) is 18.9 Å². The summed E-state index contributed by atoms with van der Waals surface area (Å²) < 4.78 is 45.2. The van der Waals surface area contributed by atoms with Crippen LogP contribution in [0, 0.1) is 44.8 Å². The predicted octanol–water partition coefficient (Wildman–Crippen LogP) is -1.45. The summed E-state index contributed by atoms with van der Waals surface area (Å²) in [5, 5.41) is 129. The largest absolute Gasteiger partial charge is 0.394 e. The Bertz CT molecular complexity index is 1760. The van der Waals surface area contributed by atoms with Crippen molar-refractivity contribution in [3.05, 3.63) is 0 Å².